The maximum absolute atomic E-state index is 10.9. The van der Waals surface area contributed by atoms with Crippen molar-refractivity contribution in [2.45, 2.75) is 40.0 Å². The topological polar surface area (TPSA) is 23.2 Å². The third-order valence-corrected chi connectivity index (χ3v) is 5.61. The second-order valence-electron chi connectivity index (χ2n) is 7.79. The molecular formula is C21H29Cl2NOPTi+. The molecule has 0 amide bonds. The molecule has 0 fully saturated rings. The molecule has 146 valence electrons. The van der Waals surface area contributed by atoms with Crippen LogP contribution in [0.25, 0.3) is 0 Å². The summed E-state index contributed by atoms with van der Waals surface area (Å²) >= 11 is -0.556. The van der Waals surface area contributed by atoms with E-state index in [1.165, 1.54) is 22.0 Å². The molecule has 0 aliphatic carbocycles. The zero-order valence-electron chi connectivity index (χ0n) is 17.1. The number of hydrogen-bond acceptors (Lipinski definition) is 1. The standard InChI is InChI=1S/C21H28NOP.2ClH.Ti/c1-14-11-17(21(3,4)5)19(23)18(12-14)24-20-15(2)9-8-10-16(20)13-22(6)7;;;/h8-13,24H,1-7H3;2*1H;/q;;;+2/p-1. The van der Waals surface area contributed by atoms with Crippen LogP contribution in [0.3, 0.4) is 0 Å². The minimum atomic E-state index is -0.556. The fourth-order valence-corrected chi connectivity index (χ4v) is 4.22. The van der Waals surface area contributed by atoms with E-state index in [1.54, 1.807) is 0 Å². The van der Waals surface area contributed by atoms with E-state index < -0.39 is 17.0 Å². The summed E-state index contributed by atoms with van der Waals surface area (Å²) in [6.45, 7) is 10.7. The van der Waals surface area contributed by atoms with Crippen molar-refractivity contribution in [2.75, 3.05) is 14.1 Å². The first-order chi connectivity index (χ1) is 12.5. The summed E-state index contributed by atoms with van der Waals surface area (Å²) in [5.74, 6) is 0.450. The summed E-state index contributed by atoms with van der Waals surface area (Å²) in [6.07, 6.45) is 2.15. The first-order valence-corrected chi connectivity index (χ1v) is 14.0. The summed E-state index contributed by atoms with van der Waals surface area (Å²) in [5, 5.41) is 13.2. The van der Waals surface area contributed by atoms with E-state index in [-0.39, 0.29) is 5.41 Å². The zero-order valence-corrected chi connectivity index (χ0v) is 21.2. The Labute approximate surface area is 182 Å². The van der Waals surface area contributed by atoms with Crippen LogP contribution in [-0.4, -0.2) is 30.0 Å². The van der Waals surface area contributed by atoms with Crippen LogP contribution in [-0.2, 0) is 22.4 Å². The van der Waals surface area contributed by atoms with Crippen molar-refractivity contribution in [3.8, 4) is 5.75 Å². The van der Waals surface area contributed by atoms with E-state index in [1.807, 2.05) is 14.1 Å². The van der Waals surface area contributed by atoms with E-state index in [4.69, 9.17) is 18.6 Å². The van der Waals surface area contributed by atoms with Gasteiger partial charge in [0.25, 0.3) is 0 Å². The first kappa shape index (κ1) is 24.7. The van der Waals surface area contributed by atoms with Gasteiger partial charge in [-0.1, -0.05) is 47.6 Å². The van der Waals surface area contributed by atoms with Gasteiger partial charge in [-0.3, -0.25) is 0 Å². The molecule has 0 bridgehead atoms. The molecule has 0 aliphatic rings. The van der Waals surface area contributed by atoms with Crippen LogP contribution in [0.4, 0.5) is 0 Å². The van der Waals surface area contributed by atoms with Crippen molar-refractivity contribution in [3.05, 3.63) is 52.6 Å². The number of nitrogens with zero attached hydrogens (tertiary/aromatic N) is 1. The summed E-state index contributed by atoms with van der Waals surface area (Å²) in [7, 11) is 14.3. The molecule has 2 aromatic rings. The Morgan fingerprint density at radius 2 is 1.70 bits per heavy atom. The third-order valence-electron chi connectivity index (χ3n) is 4.02. The van der Waals surface area contributed by atoms with Gasteiger partial charge in [0.2, 0.25) is 0 Å². The number of aryl methyl sites for hydroxylation is 2. The Morgan fingerprint density at radius 1 is 1.11 bits per heavy atom. The Bertz CT molecular complexity index is 813. The SMILES string of the molecule is Cc1cc(Pc2c(C)cccc2C=[N+](C)C)c(O)c(C(C)(C)C)c1.[Cl][Ti][Cl]. The molecule has 1 N–H and O–H groups in total. The summed E-state index contributed by atoms with van der Waals surface area (Å²) < 4.78 is 2.07. The van der Waals surface area contributed by atoms with Gasteiger partial charge in [-0.2, -0.15) is 0 Å². The van der Waals surface area contributed by atoms with Crippen molar-refractivity contribution in [3.63, 3.8) is 0 Å². The van der Waals surface area contributed by atoms with Crippen molar-refractivity contribution in [1.29, 1.82) is 0 Å². The van der Waals surface area contributed by atoms with Crippen LogP contribution in [0.15, 0.2) is 30.3 Å². The minimum absolute atomic E-state index is 0.0698. The van der Waals surface area contributed by atoms with Crippen LogP contribution in [0.1, 0.15) is 43.0 Å². The quantitative estimate of drug-likeness (QED) is 0.296. The van der Waals surface area contributed by atoms with Crippen molar-refractivity contribution in [1.82, 2.24) is 0 Å². The molecule has 2 aromatic carbocycles. The van der Waals surface area contributed by atoms with E-state index in [9.17, 15) is 5.11 Å². The Balaban J connectivity index is 0.00000114. The van der Waals surface area contributed by atoms with Crippen LogP contribution in [0.2, 0.25) is 0 Å². The summed E-state index contributed by atoms with van der Waals surface area (Å²) in [4.78, 5) is 0. The van der Waals surface area contributed by atoms with Gasteiger partial charge in [0.05, 0.1) is 0 Å². The Morgan fingerprint density at radius 3 is 2.22 bits per heavy atom. The third kappa shape index (κ3) is 7.52. The van der Waals surface area contributed by atoms with Gasteiger partial charge >= 0.3 is 35.6 Å². The van der Waals surface area contributed by atoms with Crippen molar-refractivity contribution in [2.24, 2.45) is 0 Å². The molecular weight excluding hydrogens is 432 g/mol. The number of halogens is 2. The molecule has 1 atom stereocenters. The number of aromatic hydroxyl groups is 1. The molecule has 0 saturated carbocycles. The van der Waals surface area contributed by atoms with E-state index in [0.29, 0.717) is 14.3 Å². The van der Waals surface area contributed by atoms with Crippen LogP contribution >= 0.6 is 27.2 Å². The van der Waals surface area contributed by atoms with Gasteiger partial charge in [0.15, 0.2) is 6.21 Å². The second kappa shape index (κ2) is 11.0. The Hall–Kier alpha value is -0.366. The molecule has 2 nitrogen and oxygen atoms in total. The summed E-state index contributed by atoms with van der Waals surface area (Å²) in [6, 6.07) is 10.6. The van der Waals surface area contributed by atoms with Crippen molar-refractivity contribution >= 4 is 44.0 Å². The van der Waals surface area contributed by atoms with E-state index in [2.05, 4.69) is 75.7 Å². The van der Waals surface area contributed by atoms with Gasteiger partial charge in [0.1, 0.15) is 19.8 Å². The first-order valence-electron chi connectivity index (χ1n) is 8.69. The van der Waals surface area contributed by atoms with E-state index in [0.717, 1.165) is 10.9 Å². The summed E-state index contributed by atoms with van der Waals surface area (Å²) in [5.41, 5.74) is 4.64. The molecule has 0 radical (unpaired) electrons. The Kier molecular flexibility index (Phi) is 10.0. The zero-order chi connectivity index (χ0) is 20.8. The van der Waals surface area contributed by atoms with Gasteiger partial charge in [-0.25, -0.2) is 4.58 Å². The van der Waals surface area contributed by atoms with Crippen molar-refractivity contribution < 1.29 is 26.7 Å². The molecule has 0 saturated heterocycles. The molecule has 0 heterocycles. The molecule has 2 rings (SSSR count). The fraction of sp³-hybridized carbons (Fsp3) is 0.381. The molecule has 0 aromatic heterocycles. The molecule has 1 unspecified atom stereocenters. The number of phenolic OH excluding ortho intramolecular Hbond substituents is 1. The van der Waals surface area contributed by atoms with Gasteiger partial charge in [-0.15, -0.1) is 0 Å². The van der Waals surface area contributed by atoms with Gasteiger partial charge in [-0.05, 0) is 47.8 Å². The second-order valence-corrected chi connectivity index (χ2v) is 11.7. The predicted octanol–water partition coefficient (Wildman–Crippen LogP) is 5.00. The monoisotopic (exact) mass is 460 g/mol. The number of hydrogen-bond donors (Lipinski definition) is 1. The maximum atomic E-state index is 10.9. The average Bonchev–Trinajstić information content (AvgIpc) is 2.52. The molecule has 27 heavy (non-hydrogen) atoms. The molecule has 0 spiro atoms. The fourth-order valence-electron chi connectivity index (χ4n) is 2.83. The predicted molar refractivity (Wildman–Crippen MR) is 119 cm³/mol. The van der Waals surface area contributed by atoms with Crippen LogP contribution < -0.4 is 10.6 Å². The normalized spacial score (nSPS) is 11.1. The number of rotatable bonds is 3. The molecule has 6 heteroatoms. The van der Waals surface area contributed by atoms with Crippen LogP contribution in [0, 0.1) is 13.8 Å². The van der Waals surface area contributed by atoms with E-state index >= 15 is 0 Å². The molecule has 0 aliphatic heterocycles. The van der Waals surface area contributed by atoms with Gasteiger partial charge < -0.3 is 5.11 Å². The van der Waals surface area contributed by atoms with Gasteiger partial charge in [0, 0.05) is 16.4 Å². The average molecular weight is 461 g/mol. The van der Waals surface area contributed by atoms with Crippen LogP contribution in [0.5, 0.6) is 5.75 Å². The number of phenols is 1. The number of benzene rings is 2.